The Labute approximate surface area is 219 Å². The van der Waals surface area contributed by atoms with Crippen LogP contribution in [0.25, 0.3) is 5.57 Å². The van der Waals surface area contributed by atoms with E-state index in [1.54, 1.807) is 18.2 Å². The summed E-state index contributed by atoms with van der Waals surface area (Å²) in [4.78, 5) is 22.8. The Morgan fingerprint density at radius 3 is 2.38 bits per heavy atom. The third-order valence-corrected chi connectivity index (χ3v) is 6.75. The van der Waals surface area contributed by atoms with E-state index in [0.717, 1.165) is 17.2 Å². The Kier molecular flexibility index (Phi) is 9.43. The number of allylic oxidation sites excluding steroid dienone is 4. The predicted octanol–water partition coefficient (Wildman–Crippen LogP) is 6.91. The quantitative estimate of drug-likeness (QED) is 0.259. The number of carbonyl (C=O) groups is 2. The van der Waals surface area contributed by atoms with Crippen molar-refractivity contribution in [1.82, 2.24) is 4.90 Å². The highest BCUT2D eigenvalue weighted by Gasteiger charge is 2.56. The summed E-state index contributed by atoms with van der Waals surface area (Å²) >= 11 is 6.09. The van der Waals surface area contributed by atoms with Gasteiger partial charge in [0.15, 0.2) is 4.87 Å². The van der Waals surface area contributed by atoms with Crippen LogP contribution in [0.2, 0.25) is 0 Å². The summed E-state index contributed by atoms with van der Waals surface area (Å²) in [5, 5.41) is 0. The normalized spacial score (nSPS) is 19.2. The van der Waals surface area contributed by atoms with Crippen LogP contribution < -0.4 is 0 Å². The summed E-state index contributed by atoms with van der Waals surface area (Å²) in [6.07, 6.45) is -1.55. The smallest absolute Gasteiger partial charge is 0.411 e. The highest BCUT2D eigenvalue weighted by atomic mass is 35.5. The number of amides is 1. The molecule has 5 nitrogen and oxygen atoms in total. The van der Waals surface area contributed by atoms with Crippen LogP contribution in [0.3, 0.4) is 0 Å². The zero-order valence-electron chi connectivity index (χ0n) is 20.6. The number of carbonyl (C=O) groups excluding carboxylic acids is 2. The van der Waals surface area contributed by atoms with Crippen LogP contribution in [-0.2, 0) is 27.4 Å². The fourth-order valence-corrected chi connectivity index (χ4v) is 4.33. The number of halogens is 4. The molecule has 2 aromatic rings. The Morgan fingerprint density at radius 1 is 1.05 bits per heavy atom. The Hall–Kier alpha value is -3.26. The third kappa shape index (κ3) is 7.16. The molecular weight excluding hydrogens is 507 g/mol. The van der Waals surface area contributed by atoms with Gasteiger partial charge in [0, 0.05) is 25.9 Å². The van der Waals surface area contributed by atoms with Gasteiger partial charge in [0.1, 0.15) is 6.61 Å². The Morgan fingerprint density at radius 2 is 1.73 bits per heavy atom. The van der Waals surface area contributed by atoms with E-state index in [4.69, 9.17) is 21.1 Å². The zero-order chi connectivity index (χ0) is 27.1. The molecular formula is C28H29ClF3NO4. The summed E-state index contributed by atoms with van der Waals surface area (Å²) in [6, 6.07) is 16.5. The lowest BCUT2D eigenvalue weighted by atomic mass is 9.80. The molecule has 0 heterocycles. The van der Waals surface area contributed by atoms with Gasteiger partial charge in [-0.2, -0.15) is 13.2 Å². The second-order valence-electron chi connectivity index (χ2n) is 8.67. The van der Waals surface area contributed by atoms with Crippen LogP contribution in [0.15, 0.2) is 72.8 Å². The number of esters is 1. The molecule has 3 rings (SSSR count). The van der Waals surface area contributed by atoms with Crippen LogP contribution in [-0.4, -0.2) is 41.2 Å². The molecule has 0 saturated carbocycles. The summed E-state index contributed by atoms with van der Waals surface area (Å²) in [7, 11) is 0. The molecule has 0 N–H and O–H groups in total. The van der Waals surface area contributed by atoms with Gasteiger partial charge in [-0.3, -0.25) is 4.79 Å². The molecule has 0 fully saturated rings. The molecule has 0 saturated heterocycles. The summed E-state index contributed by atoms with van der Waals surface area (Å²) in [5.74, 6) is -1.74. The lowest BCUT2D eigenvalue weighted by molar-refractivity contribution is -0.160. The molecule has 2 atom stereocenters. The maximum absolute atomic E-state index is 13.9. The molecule has 198 valence electrons. The summed E-state index contributed by atoms with van der Waals surface area (Å²) in [6.45, 7) is 3.53. The van der Waals surface area contributed by atoms with E-state index >= 15 is 0 Å². The second-order valence-corrected chi connectivity index (χ2v) is 9.29. The van der Waals surface area contributed by atoms with Gasteiger partial charge in [0.2, 0.25) is 0 Å². The molecule has 1 aliphatic carbocycles. The standard InChI is InChI=1S/C28H29ClF3NO4/c1-3-33(26(35)37-19-21-9-5-4-6-10-21)18-23-11-7-8-12-25(23)22-13-15-27(29,28(30,31)32)24(17-22)14-16-36-20(2)34/h4-13,15,17,24H,3,14,16,18-19H2,1-2H3. The van der Waals surface area contributed by atoms with E-state index in [1.807, 2.05) is 43.3 Å². The first-order valence-electron chi connectivity index (χ1n) is 11.9. The maximum Gasteiger partial charge on any atom is 0.411 e. The first-order chi connectivity index (χ1) is 17.5. The lowest BCUT2D eigenvalue weighted by Gasteiger charge is -2.36. The molecule has 0 aromatic heterocycles. The van der Waals surface area contributed by atoms with Crippen molar-refractivity contribution in [1.29, 1.82) is 0 Å². The molecule has 0 bridgehead atoms. The van der Waals surface area contributed by atoms with Crippen molar-refractivity contribution in [3.8, 4) is 0 Å². The number of ether oxygens (including phenoxy) is 2. The minimum atomic E-state index is -4.71. The summed E-state index contributed by atoms with van der Waals surface area (Å²) < 4.78 is 52.0. The van der Waals surface area contributed by atoms with E-state index in [-0.39, 0.29) is 26.2 Å². The third-order valence-electron chi connectivity index (χ3n) is 6.13. The van der Waals surface area contributed by atoms with Gasteiger partial charge in [0.25, 0.3) is 0 Å². The average molecular weight is 536 g/mol. The van der Waals surface area contributed by atoms with Crippen molar-refractivity contribution < 1.29 is 32.2 Å². The van der Waals surface area contributed by atoms with Crippen molar-refractivity contribution in [2.45, 2.75) is 44.5 Å². The molecule has 0 radical (unpaired) electrons. The van der Waals surface area contributed by atoms with Crippen molar-refractivity contribution >= 4 is 29.2 Å². The van der Waals surface area contributed by atoms with Gasteiger partial charge in [-0.1, -0.05) is 72.8 Å². The molecule has 1 aliphatic rings. The van der Waals surface area contributed by atoms with E-state index in [0.29, 0.717) is 17.7 Å². The molecule has 0 spiro atoms. The van der Waals surface area contributed by atoms with Gasteiger partial charge in [0.05, 0.1) is 6.61 Å². The van der Waals surface area contributed by atoms with Crippen molar-refractivity contribution in [3.63, 3.8) is 0 Å². The minimum absolute atomic E-state index is 0.106. The number of rotatable bonds is 9. The minimum Gasteiger partial charge on any atom is -0.466 e. The second kappa shape index (κ2) is 12.3. The fourth-order valence-electron chi connectivity index (χ4n) is 4.10. The number of benzene rings is 2. The van der Waals surface area contributed by atoms with Crippen LogP contribution in [0, 0.1) is 5.92 Å². The zero-order valence-corrected chi connectivity index (χ0v) is 21.4. The largest absolute Gasteiger partial charge is 0.466 e. The van der Waals surface area contributed by atoms with Gasteiger partial charge in [-0.15, -0.1) is 11.6 Å². The van der Waals surface area contributed by atoms with Crippen molar-refractivity contribution in [2.24, 2.45) is 5.92 Å². The predicted molar refractivity (Wildman–Crippen MR) is 136 cm³/mol. The lowest BCUT2D eigenvalue weighted by Crippen LogP contribution is -2.45. The van der Waals surface area contributed by atoms with Crippen LogP contribution in [0.1, 0.15) is 37.0 Å². The van der Waals surface area contributed by atoms with E-state index in [9.17, 15) is 22.8 Å². The monoisotopic (exact) mass is 535 g/mol. The molecule has 9 heteroatoms. The topological polar surface area (TPSA) is 55.8 Å². The number of hydrogen-bond acceptors (Lipinski definition) is 4. The van der Waals surface area contributed by atoms with Crippen molar-refractivity contribution in [3.05, 3.63) is 89.5 Å². The molecule has 37 heavy (non-hydrogen) atoms. The number of alkyl halides is 4. The average Bonchev–Trinajstić information content (AvgIpc) is 2.87. The van der Waals surface area contributed by atoms with Crippen LogP contribution in [0.4, 0.5) is 18.0 Å². The van der Waals surface area contributed by atoms with E-state index < -0.39 is 29.0 Å². The Bertz CT molecular complexity index is 1150. The molecule has 0 aliphatic heterocycles. The first-order valence-corrected chi connectivity index (χ1v) is 12.3. The van der Waals surface area contributed by atoms with E-state index in [2.05, 4.69) is 0 Å². The highest BCUT2D eigenvalue weighted by Crippen LogP contribution is 2.48. The highest BCUT2D eigenvalue weighted by molar-refractivity contribution is 6.26. The molecule has 1 amide bonds. The van der Waals surface area contributed by atoms with E-state index in [1.165, 1.54) is 24.0 Å². The van der Waals surface area contributed by atoms with Gasteiger partial charge in [-0.05, 0) is 35.6 Å². The first kappa shape index (κ1) is 28.3. The van der Waals surface area contributed by atoms with Gasteiger partial charge >= 0.3 is 18.2 Å². The van der Waals surface area contributed by atoms with Crippen LogP contribution in [0.5, 0.6) is 0 Å². The SMILES string of the molecule is CCN(Cc1ccccc1C1=CC(CCOC(C)=O)C(Cl)(C(F)(F)F)C=C1)C(=O)OCc1ccccc1. The number of hydrogen-bond donors (Lipinski definition) is 0. The summed E-state index contributed by atoms with van der Waals surface area (Å²) in [5.41, 5.74) is 2.81. The van der Waals surface area contributed by atoms with Crippen LogP contribution >= 0.6 is 11.6 Å². The Balaban J connectivity index is 1.82. The molecule has 2 unspecified atom stereocenters. The fraction of sp³-hybridized carbons (Fsp3) is 0.357. The van der Waals surface area contributed by atoms with Gasteiger partial charge < -0.3 is 14.4 Å². The van der Waals surface area contributed by atoms with Gasteiger partial charge in [-0.25, -0.2) is 4.79 Å². The maximum atomic E-state index is 13.9. The number of nitrogens with zero attached hydrogens (tertiary/aromatic N) is 1. The molecule has 2 aromatic carbocycles. The van der Waals surface area contributed by atoms with Crippen molar-refractivity contribution in [2.75, 3.05) is 13.2 Å².